The Kier molecular flexibility index (Phi) is 5.41. The highest BCUT2D eigenvalue weighted by Gasteiger charge is 2.26. The van der Waals surface area contributed by atoms with E-state index in [1.807, 2.05) is 0 Å². The van der Waals surface area contributed by atoms with Crippen LogP contribution in [-0.4, -0.2) is 42.6 Å². The number of nitrogens with one attached hydrogen (secondary N) is 2. The summed E-state index contributed by atoms with van der Waals surface area (Å²) >= 11 is 0. The van der Waals surface area contributed by atoms with Crippen molar-refractivity contribution in [3.63, 3.8) is 0 Å². The smallest absolute Gasteiger partial charge is 0.337 e. The second-order valence-corrected chi connectivity index (χ2v) is 6.84. The molecule has 0 saturated heterocycles. The number of ether oxygens (including phenoxy) is 1. The molecule has 2 amide bonds. The molecular weight excluding hydrogens is 364 g/mol. The zero-order chi connectivity index (χ0) is 19.5. The summed E-state index contributed by atoms with van der Waals surface area (Å²) < 4.78 is 31.5. The zero-order valence-electron chi connectivity index (χ0n) is 14.1. The molecule has 0 aliphatic carbocycles. The van der Waals surface area contributed by atoms with Gasteiger partial charge in [-0.15, -0.1) is 0 Å². The van der Waals surface area contributed by atoms with Crippen molar-refractivity contribution in [3.8, 4) is 5.88 Å². The molecule has 1 aromatic carbocycles. The van der Waals surface area contributed by atoms with E-state index in [4.69, 9.17) is 4.74 Å². The van der Waals surface area contributed by atoms with Crippen molar-refractivity contribution >= 4 is 28.0 Å². The molecule has 0 radical (unpaired) electrons. The summed E-state index contributed by atoms with van der Waals surface area (Å²) in [4.78, 5) is 30.6. The van der Waals surface area contributed by atoms with Gasteiger partial charge in [0.2, 0.25) is 11.8 Å². The Morgan fingerprint density at radius 1 is 1.19 bits per heavy atom. The first-order chi connectivity index (χ1) is 12.1. The maximum atomic E-state index is 12.4. The van der Waals surface area contributed by atoms with E-state index in [-0.39, 0.29) is 17.4 Å². The van der Waals surface area contributed by atoms with Gasteiger partial charge in [-0.25, -0.2) is 27.7 Å². The quantitative estimate of drug-likeness (QED) is 0.703. The highest BCUT2D eigenvalue weighted by molar-refractivity contribution is 7.90. The molecule has 0 unspecified atom stereocenters. The minimum Gasteiger partial charge on any atom is -0.481 e. The number of benzene rings is 1. The topological polar surface area (TPSA) is 148 Å². The second-order valence-electron chi connectivity index (χ2n) is 5.19. The highest BCUT2D eigenvalue weighted by atomic mass is 32.2. The second kappa shape index (κ2) is 7.35. The fraction of sp³-hybridized carbons (Fsp3) is 0.200. The van der Waals surface area contributed by atoms with Crippen LogP contribution in [0.15, 0.2) is 29.2 Å². The summed E-state index contributed by atoms with van der Waals surface area (Å²) in [5, 5.41) is 11.4. The predicted octanol–water partition coefficient (Wildman–Crippen LogP) is 1.31. The predicted molar refractivity (Wildman–Crippen MR) is 90.8 cm³/mol. The van der Waals surface area contributed by atoms with Gasteiger partial charge in [0.1, 0.15) is 4.90 Å². The van der Waals surface area contributed by atoms with Crippen LogP contribution in [0, 0.1) is 13.8 Å². The van der Waals surface area contributed by atoms with Crippen LogP contribution in [0.1, 0.15) is 21.6 Å². The van der Waals surface area contributed by atoms with Crippen molar-refractivity contribution in [1.82, 2.24) is 14.7 Å². The third-order valence-corrected chi connectivity index (χ3v) is 4.60. The minimum atomic E-state index is -4.43. The van der Waals surface area contributed by atoms with Gasteiger partial charge in [0, 0.05) is 11.8 Å². The van der Waals surface area contributed by atoms with Crippen LogP contribution in [0.5, 0.6) is 5.88 Å². The summed E-state index contributed by atoms with van der Waals surface area (Å²) in [7, 11) is -3.06. The Labute approximate surface area is 149 Å². The third kappa shape index (κ3) is 4.25. The largest absolute Gasteiger partial charge is 0.481 e. The van der Waals surface area contributed by atoms with E-state index >= 15 is 0 Å². The maximum absolute atomic E-state index is 12.4. The van der Waals surface area contributed by atoms with Crippen molar-refractivity contribution in [2.45, 2.75) is 18.7 Å². The van der Waals surface area contributed by atoms with E-state index < -0.39 is 32.5 Å². The first-order valence-electron chi connectivity index (χ1n) is 7.20. The van der Waals surface area contributed by atoms with Gasteiger partial charge >= 0.3 is 12.0 Å². The monoisotopic (exact) mass is 380 g/mol. The fourth-order valence-corrected chi connectivity index (χ4v) is 3.32. The van der Waals surface area contributed by atoms with Gasteiger partial charge in [-0.2, -0.15) is 4.98 Å². The standard InChI is InChI=1S/C15H16N4O6S/c1-8-5-4-6-10(12(8)13(20)21)26(23,24)19-15(22)18-14-16-9(2)7-11(17-14)25-3/h4-7H,1-3H3,(H,20,21)(H2,16,17,18,19,22). The number of aromatic nitrogens is 2. The number of hydrogen-bond acceptors (Lipinski definition) is 7. The number of carbonyl (C=O) groups excluding carboxylic acids is 1. The Hall–Kier alpha value is -3.21. The molecule has 0 fully saturated rings. The lowest BCUT2D eigenvalue weighted by molar-refractivity contribution is 0.0691. The van der Waals surface area contributed by atoms with Gasteiger partial charge in [0.05, 0.1) is 12.7 Å². The van der Waals surface area contributed by atoms with Crippen LogP contribution >= 0.6 is 0 Å². The van der Waals surface area contributed by atoms with Crippen LogP contribution in [-0.2, 0) is 10.0 Å². The number of amides is 2. The van der Waals surface area contributed by atoms with Crippen molar-refractivity contribution in [2.24, 2.45) is 0 Å². The number of aryl methyl sites for hydroxylation is 2. The van der Waals surface area contributed by atoms with Crippen LogP contribution < -0.4 is 14.8 Å². The van der Waals surface area contributed by atoms with E-state index in [1.54, 1.807) is 11.6 Å². The van der Waals surface area contributed by atoms with Gasteiger partial charge in [-0.05, 0) is 25.5 Å². The number of carboxylic acid groups (broad SMARTS) is 1. The number of rotatable bonds is 5. The number of sulfonamides is 1. The Balaban J connectivity index is 2.28. The van der Waals surface area contributed by atoms with Gasteiger partial charge in [-0.1, -0.05) is 12.1 Å². The maximum Gasteiger partial charge on any atom is 0.337 e. The van der Waals surface area contributed by atoms with Crippen LogP contribution in [0.3, 0.4) is 0 Å². The molecule has 0 aliphatic heterocycles. The van der Waals surface area contributed by atoms with Crippen molar-refractivity contribution in [1.29, 1.82) is 0 Å². The normalized spacial score (nSPS) is 10.9. The van der Waals surface area contributed by atoms with Crippen LogP contribution in [0.25, 0.3) is 0 Å². The molecule has 1 aromatic heterocycles. The summed E-state index contributed by atoms with van der Waals surface area (Å²) in [6.45, 7) is 3.09. The van der Waals surface area contributed by atoms with E-state index in [2.05, 4.69) is 15.3 Å². The summed E-state index contributed by atoms with van der Waals surface area (Å²) in [5.74, 6) is -1.41. The number of aromatic carboxylic acids is 1. The number of hydrogen-bond donors (Lipinski definition) is 3. The molecule has 11 heteroatoms. The average Bonchev–Trinajstić information content (AvgIpc) is 2.52. The molecule has 2 rings (SSSR count). The Bertz CT molecular complexity index is 974. The van der Waals surface area contributed by atoms with E-state index in [1.165, 1.54) is 32.2 Å². The van der Waals surface area contributed by atoms with E-state index in [9.17, 15) is 23.1 Å². The lowest BCUT2D eigenvalue weighted by Gasteiger charge is -2.12. The number of urea groups is 1. The first-order valence-corrected chi connectivity index (χ1v) is 8.68. The Morgan fingerprint density at radius 2 is 1.88 bits per heavy atom. The molecule has 0 bridgehead atoms. The molecule has 0 aliphatic rings. The number of anilines is 1. The van der Waals surface area contributed by atoms with Gasteiger partial charge < -0.3 is 9.84 Å². The molecule has 26 heavy (non-hydrogen) atoms. The first kappa shape index (κ1) is 19.1. The molecule has 2 aromatic rings. The van der Waals surface area contributed by atoms with Crippen molar-refractivity contribution in [3.05, 3.63) is 41.1 Å². The number of nitrogens with zero attached hydrogens (tertiary/aromatic N) is 2. The molecule has 10 nitrogen and oxygen atoms in total. The SMILES string of the molecule is COc1cc(C)nc(NC(=O)NS(=O)(=O)c2cccc(C)c2C(=O)O)n1. The lowest BCUT2D eigenvalue weighted by Crippen LogP contribution is -2.35. The molecule has 0 atom stereocenters. The minimum absolute atomic E-state index is 0.169. The summed E-state index contributed by atoms with van der Waals surface area (Å²) in [6.07, 6.45) is 0. The van der Waals surface area contributed by atoms with E-state index in [0.29, 0.717) is 5.69 Å². The van der Waals surface area contributed by atoms with Crippen LogP contribution in [0.2, 0.25) is 0 Å². The molecule has 138 valence electrons. The zero-order valence-corrected chi connectivity index (χ0v) is 14.9. The number of carbonyl (C=O) groups is 2. The van der Waals surface area contributed by atoms with Crippen molar-refractivity contribution in [2.75, 3.05) is 12.4 Å². The number of methoxy groups -OCH3 is 1. The molecule has 3 N–H and O–H groups in total. The number of carboxylic acids is 1. The molecule has 0 spiro atoms. The van der Waals surface area contributed by atoms with E-state index in [0.717, 1.165) is 6.07 Å². The van der Waals surface area contributed by atoms with Gasteiger partial charge in [0.15, 0.2) is 0 Å². The van der Waals surface area contributed by atoms with Gasteiger partial charge in [-0.3, -0.25) is 5.32 Å². The van der Waals surface area contributed by atoms with Crippen molar-refractivity contribution < 1.29 is 27.9 Å². The fourth-order valence-electron chi connectivity index (χ4n) is 2.14. The molecule has 0 saturated carbocycles. The molecule has 1 heterocycles. The summed E-state index contributed by atoms with van der Waals surface area (Å²) in [6, 6.07) is 4.30. The Morgan fingerprint density at radius 3 is 2.50 bits per heavy atom. The average molecular weight is 380 g/mol. The highest BCUT2D eigenvalue weighted by Crippen LogP contribution is 2.19. The van der Waals surface area contributed by atoms with Gasteiger partial charge in [0.25, 0.3) is 10.0 Å². The lowest BCUT2D eigenvalue weighted by atomic mass is 10.1. The third-order valence-electron chi connectivity index (χ3n) is 3.23. The van der Waals surface area contributed by atoms with Crippen LogP contribution in [0.4, 0.5) is 10.7 Å². The summed E-state index contributed by atoms with van der Waals surface area (Å²) in [5.41, 5.74) is 0.315. The molecular formula is C15H16N4O6S.